The highest BCUT2D eigenvalue weighted by atomic mass is 16.5. The molecule has 0 aliphatic rings. The van der Waals surface area contributed by atoms with Crippen molar-refractivity contribution in [3.8, 4) is 11.3 Å². The summed E-state index contributed by atoms with van der Waals surface area (Å²) in [6, 6.07) is 20.0. The van der Waals surface area contributed by atoms with Crippen LogP contribution in [-0.2, 0) is 0 Å². The first kappa shape index (κ1) is 19.8. The molecule has 0 fully saturated rings. The number of likely N-dealkylation sites (N-methyl/N-ethyl adjacent to an activating group) is 1. The molecule has 0 aliphatic heterocycles. The molecule has 0 saturated carbocycles. The summed E-state index contributed by atoms with van der Waals surface area (Å²) in [6.45, 7) is 8.38. The van der Waals surface area contributed by atoms with Gasteiger partial charge in [-0.15, -0.1) is 0 Å². The van der Waals surface area contributed by atoms with Crippen LogP contribution in [0.25, 0.3) is 11.3 Å². The van der Waals surface area contributed by atoms with Gasteiger partial charge < -0.3 is 9.84 Å². The number of aromatic nitrogens is 1. The van der Waals surface area contributed by atoms with Crippen LogP contribution >= 0.6 is 0 Å². The van der Waals surface area contributed by atoms with E-state index >= 15 is 0 Å². The fourth-order valence-electron chi connectivity index (χ4n) is 3.51. The van der Waals surface area contributed by atoms with Crippen molar-refractivity contribution in [2.24, 2.45) is 0 Å². The highest BCUT2D eigenvalue weighted by Crippen LogP contribution is 2.25. The predicted octanol–water partition coefficient (Wildman–Crippen LogP) is 4.46. The molecule has 5 heteroatoms. The third kappa shape index (κ3) is 4.31. The highest BCUT2D eigenvalue weighted by molar-refractivity contribution is 6.00. The predicted molar refractivity (Wildman–Crippen MR) is 111 cm³/mol. The summed E-state index contributed by atoms with van der Waals surface area (Å²) < 4.78 is 5.33. The molecule has 1 heterocycles. The van der Waals surface area contributed by atoms with E-state index in [1.165, 1.54) is 5.56 Å². The van der Waals surface area contributed by atoms with E-state index in [2.05, 4.69) is 41.4 Å². The smallest absolute Gasteiger partial charge is 0.257 e. The zero-order valence-corrected chi connectivity index (χ0v) is 16.7. The molecule has 1 N–H and O–H groups in total. The molecule has 5 nitrogen and oxygen atoms in total. The summed E-state index contributed by atoms with van der Waals surface area (Å²) in [4.78, 5) is 15.4. The van der Waals surface area contributed by atoms with Crippen molar-refractivity contribution in [2.45, 2.75) is 26.8 Å². The number of hydrogen-bond acceptors (Lipinski definition) is 4. The monoisotopic (exact) mass is 377 g/mol. The van der Waals surface area contributed by atoms with Crippen molar-refractivity contribution >= 4 is 5.91 Å². The van der Waals surface area contributed by atoms with Crippen molar-refractivity contribution in [2.75, 3.05) is 19.6 Å². The van der Waals surface area contributed by atoms with Crippen LogP contribution in [0.1, 0.15) is 41.6 Å². The Morgan fingerprint density at radius 3 is 2.25 bits per heavy atom. The molecule has 28 heavy (non-hydrogen) atoms. The molecule has 3 rings (SSSR count). The lowest BCUT2D eigenvalue weighted by Crippen LogP contribution is -2.38. The van der Waals surface area contributed by atoms with Crippen LogP contribution in [-0.4, -0.2) is 35.6 Å². The SMILES string of the molecule is CCN(CC)C(CNC(=O)c1c(-c2ccccc2)noc1C)c1ccccc1. The van der Waals surface area contributed by atoms with Gasteiger partial charge in [-0.05, 0) is 25.6 Å². The van der Waals surface area contributed by atoms with Gasteiger partial charge in [-0.25, -0.2) is 0 Å². The number of nitrogens with zero attached hydrogens (tertiary/aromatic N) is 2. The van der Waals surface area contributed by atoms with Crippen LogP contribution in [0.2, 0.25) is 0 Å². The Kier molecular flexibility index (Phi) is 6.61. The van der Waals surface area contributed by atoms with Gasteiger partial charge in [0.25, 0.3) is 5.91 Å². The summed E-state index contributed by atoms with van der Waals surface area (Å²) in [5, 5.41) is 7.22. The molecule has 1 atom stereocenters. The van der Waals surface area contributed by atoms with Crippen LogP contribution in [0, 0.1) is 6.92 Å². The number of hydrogen-bond donors (Lipinski definition) is 1. The normalized spacial score (nSPS) is 12.1. The van der Waals surface area contributed by atoms with Gasteiger partial charge >= 0.3 is 0 Å². The Hall–Kier alpha value is -2.92. The van der Waals surface area contributed by atoms with E-state index in [4.69, 9.17) is 4.52 Å². The fourth-order valence-corrected chi connectivity index (χ4v) is 3.51. The second-order valence-corrected chi connectivity index (χ2v) is 6.69. The van der Waals surface area contributed by atoms with E-state index in [0.717, 1.165) is 18.7 Å². The number of carbonyl (C=O) groups is 1. The van der Waals surface area contributed by atoms with E-state index in [1.54, 1.807) is 6.92 Å². The van der Waals surface area contributed by atoms with Gasteiger partial charge in [0.05, 0.1) is 6.04 Å². The standard InChI is InChI=1S/C23H27N3O2/c1-4-26(5-2)20(18-12-8-6-9-13-18)16-24-23(27)21-17(3)28-25-22(21)19-14-10-7-11-15-19/h6-15,20H,4-5,16H2,1-3H3,(H,24,27). The van der Waals surface area contributed by atoms with E-state index in [-0.39, 0.29) is 11.9 Å². The molecule has 0 bridgehead atoms. The van der Waals surface area contributed by atoms with Gasteiger partial charge in [-0.2, -0.15) is 0 Å². The van der Waals surface area contributed by atoms with Crippen LogP contribution in [0.3, 0.4) is 0 Å². The van der Waals surface area contributed by atoms with Crippen molar-refractivity contribution in [1.29, 1.82) is 0 Å². The Balaban J connectivity index is 1.82. The zero-order valence-electron chi connectivity index (χ0n) is 16.7. The minimum absolute atomic E-state index is 0.112. The topological polar surface area (TPSA) is 58.4 Å². The molecule has 0 saturated heterocycles. The number of aryl methyl sites for hydroxylation is 1. The maximum atomic E-state index is 13.0. The van der Waals surface area contributed by atoms with Crippen molar-refractivity contribution in [3.63, 3.8) is 0 Å². The number of amides is 1. The van der Waals surface area contributed by atoms with Gasteiger partial charge in [0.2, 0.25) is 0 Å². The van der Waals surface area contributed by atoms with Crippen LogP contribution in [0.15, 0.2) is 65.2 Å². The lowest BCUT2D eigenvalue weighted by Gasteiger charge is -2.30. The average molecular weight is 377 g/mol. The highest BCUT2D eigenvalue weighted by Gasteiger charge is 2.24. The number of nitrogens with one attached hydrogen (secondary N) is 1. The second kappa shape index (κ2) is 9.33. The van der Waals surface area contributed by atoms with Gasteiger partial charge in [0.15, 0.2) is 0 Å². The van der Waals surface area contributed by atoms with Crippen molar-refractivity contribution in [1.82, 2.24) is 15.4 Å². The zero-order chi connectivity index (χ0) is 19.9. The average Bonchev–Trinajstić information content (AvgIpc) is 3.13. The Bertz CT molecular complexity index is 887. The molecule has 1 unspecified atom stereocenters. The van der Waals surface area contributed by atoms with Gasteiger partial charge in [-0.1, -0.05) is 79.7 Å². The maximum Gasteiger partial charge on any atom is 0.257 e. The summed E-state index contributed by atoms with van der Waals surface area (Å²) in [7, 11) is 0. The molecule has 146 valence electrons. The molecule has 1 amide bonds. The number of rotatable bonds is 8. The van der Waals surface area contributed by atoms with Crippen molar-refractivity contribution in [3.05, 3.63) is 77.6 Å². The van der Waals surface area contributed by atoms with Crippen molar-refractivity contribution < 1.29 is 9.32 Å². The summed E-state index contributed by atoms with van der Waals surface area (Å²) in [6.07, 6.45) is 0. The third-order valence-corrected chi connectivity index (χ3v) is 5.03. The van der Waals surface area contributed by atoms with Gasteiger partial charge in [-0.3, -0.25) is 9.69 Å². The van der Waals surface area contributed by atoms with Gasteiger partial charge in [0, 0.05) is 12.1 Å². The number of benzene rings is 2. The lowest BCUT2D eigenvalue weighted by molar-refractivity contribution is 0.0934. The molecule has 3 aromatic rings. The third-order valence-electron chi connectivity index (χ3n) is 5.03. The fraction of sp³-hybridized carbons (Fsp3) is 0.304. The molecule has 0 radical (unpaired) electrons. The Morgan fingerprint density at radius 1 is 1.04 bits per heavy atom. The molecular formula is C23H27N3O2. The van der Waals surface area contributed by atoms with E-state index in [0.29, 0.717) is 23.6 Å². The summed E-state index contributed by atoms with van der Waals surface area (Å²) >= 11 is 0. The quantitative estimate of drug-likeness (QED) is 0.629. The maximum absolute atomic E-state index is 13.0. The molecule has 1 aromatic heterocycles. The summed E-state index contributed by atoms with van der Waals surface area (Å²) in [5.41, 5.74) is 3.14. The Morgan fingerprint density at radius 2 is 1.64 bits per heavy atom. The van der Waals surface area contributed by atoms with E-state index in [9.17, 15) is 4.79 Å². The number of carbonyl (C=O) groups excluding carboxylic acids is 1. The van der Waals surface area contributed by atoms with E-state index < -0.39 is 0 Å². The van der Waals surface area contributed by atoms with Gasteiger partial charge in [0.1, 0.15) is 17.0 Å². The lowest BCUT2D eigenvalue weighted by atomic mass is 10.0. The molecule has 0 spiro atoms. The largest absolute Gasteiger partial charge is 0.360 e. The first-order valence-corrected chi connectivity index (χ1v) is 9.74. The minimum atomic E-state index is -0.161. The van der Waals surface area contributed by atoms with Crippen LogP contribution in [0.4, 0.5) is 0 Å². The molecule has 0 aliphatic carbocycles. The molecular weight excluding hydrogens is 350 g/mol. The minimum Gasteiger partial charge on any atom is -0.360 e. The molecule has 2 aromatic carbocycles. The van der Waals surface area contributed by atoms with E-state index in [1.807, 2.05) is 48.5 Å². The first-order chi connectivity index (χ1) is 13.7. The van der Waals surface area contributed by atoms with Crippen LogP contribution < -0.4 is 5.32 Å². The Labute approximate surface area is 166 Å². The summed E-state index contributed by atoms with van der Waals surface area (Å²) in [5.74, 6) is 0.362. The first-order valence-electron chi connectivity index (χ1n) is 9.74. The van der Waals surface area contributed by atoms with Crippen LogP contribution in [0.5, 0.6) is 0 Å². The second-order valence-electron chi connectivity index (χ2n) is 6.69.